The lowest BCUT2D eigenvalue weighted by Gasteiger charge is -2.30. The van der Waals surface area contributed by atoms with Crippen molar-refractivity contribution >= 4 is 21.8 Å². The second-order valence-corrected chi connectivity index (χ2v) is 10.1. The van der Waals surface area contributed by atoms with Crippen LogP contribution in [-0.4, -0.2) is 57.3 Å². The molecule has 1 fully saturated rings. The van der Waals surface area contributed by atoms with Crippen LogP contribution in [0.5, 0.6) is 0 Å². The van der Waals surface area contributed by atoms with Crippen molar-refractivity contribution in [3.05, 3.63) is 29.8 Å². The molecule has 0 aromatic heterocycles. The molecule has 8 heteroatoms. The van der Waals surface area contributed by atoms with Gasteiger partial charge in [0.25, 0.3) is 10.0 Å². The molecule has 3 rings (SSSR count). The highest BCUT2D eigenvalue weighted by Crippen LogP contribution is 2.23. The number of nitrogens with one attached hydrogen (secondary N) is 2. The molecule has 0 bridgehead atoms. The van der Waals surface area contributed by atoms with Crippen LogP contribution in [0, 0.1) is 5.92 Å². The lowest BCUT2D eigenvalue weighted by molar-refractivity contribution is -0.122. The summed E-state index contributed by atoms with van der Waals surface area (Å²) in [6.07, 6.45) is 5.81. The maximum atomic E-state index is 12.8. The van der Waals surface area contributed by atoms with Crippen LogP contribution in [0.2, 0.25) is 0 Å². The second kappa shape index (κ2) is 10.4. The molecule has 2 heterocycles. The van der Waals surface area contributed by atoms with Gasteiger partial charge < -0.3 is 10.2 Å². The maximum Gasteiger partial charge on any atom is 0.263 e. The Kier molecular flexibility index (Phi) is 7.88. The topological polar surface area (TPSA) is 90.9 Å². The average Bonchev–Trinajstić information content (AvgIpc) is 3.00. The summed E-state index contributed by atoms with van der Waals surface area (Å²) in [5.41, 5.74) is 0.533. The number of rotatable bonds is 9. The molecule has 30 heavy (non-hydrogen) atoms. The van der Waals surface area contributed by atoms with Crippen molar-refractivity contribution in [3.63, 3.8) is 0 Å². The number of carbonyl (C=O) groups excluding carboxylic acids is 1. The number of piperidine rings is 1. The highest BCUT2D eigenvalue weighted by Gasteiger charge is 2.31. The van der Waals surface area contributed by atoms with E-state index >= 15 is 0 Å². The number of likely N-dealkylation sites (tertiary alicyclic amines) is 1. The zero-order valence-corrected chi connectivity index (χ0v) is 18.9. The summed E-state index contributed by atoms with van der Waals surface area (Å²) in [6, 6.07) is 6.15. The minimum atomic E-state index is -3.60. The monoisotopic (exact) mass is 434 g/mol. The van der Waals surface area contributed by atoms with Crippen LogP contribution < -0.4 is 10.0 Å². The van der Waals surface area contributed by atoms with Gasteiger partial charge in [0.05, 0.1) is 4.90 Å². The Labute approximate surface area is 180 Å². The number of aliphatic imine (C=N–C) groups is 1. The second-order valence-electron chi connectivity index (χ2n) is 8.41. The van der Waals surface area contributed by atoms with Gasteiger partial charge in [0.2, 0.25) is 5.91 Å². The molecule has 1 aromatic carbocycles. The highest BCUT2D eigenvalue weighted by atomic mass is 32.2. The summed E-state index contributed by atoms with van der Waals surface area (Å²) in [6.45, 7) is 8.26. The number of hydrogen-bond donors (Lipinski definition) is 2. The molecule has 2 aliphatic heterocycles. The van der Waals surface area contributed by atoms with Crippen LogP contribution in [0.3, 0.4) is 0 Å². The van der Waals surface area contributed by atoms with E-state index in [9.17, 15) is 13.2 Å². The number of amidine groups is 1. The Morgan fingerprint density at radius 2 is 2.00 bits per heavy atom. The van der Waals surface area contributed by atoms with Gasteiger partial charge in [0.1, 0.15) is 11.9 Å². The van der Waals surface area contributed by atoms with Crippen molar-refractivity contribution in [2.45, 2.75) is 63.3 Å². The van der Waals surface area contributed by atoms with Crippen molar-refractivity contribution < 1.29 is 13.2 Å². The van der Waals surface area contributed by atoms with Crippen molar-refractivity contribution in [2.24, 2.45) is 10.9 Å². The van der Waals surface area contributed by atoms with E-state index in [1.165, 1.54) is 12.8 Å². The fraction of sp³-hybridized carbons (Fsp3) is 0.636. The highest BCUT2D eigenvalue weighted by molar-refractivity contribution is 7.90. The molecule has 1 atom stereocenters. The minimum absolute atomic E-state index is 0.133. The molecule has 0 radical (unpaired) electrons. The molecule has 0 aliphatic carbocycles. The maximum absolute atomic E-state index is 12.8. The lowest BCUT2D eigenvalue weighted by Crippen LogP contribution is -2.38. The third-order valence-electron chi connectivity index (χ3n) is 5.91. The fourth-order valence-corrected chi connectivity index (χ4v) is 5.19. The zero-order valence-electron chi connectivity index (χ0n) is 18.1. The number of fused-ring (bicyclic) bond motifs is 1. The summed E-state index contributed by atoms with van der Waals surface area (Å²) < 4.78 is 27.1. The standard InChI is InChI=1S/C22H34N4O3S/c1-3-4-9-19(22(27)23-13-7-14-26-15-11-17(2)12-16-26)24-21-18-8-5-6-10-20(18)30(28,29)25-21/h5-6,8,10,17,19H,3-4,7,9,11-16H2,1-2H3,(H,23,27)(H,24,25). The summed E-state index contributed by atoms with van der Waals surface area (Å²) in [7, 11) is -3.60. The summed E-state index contributed by atoms with van der Waals surface area (Å²) in [5.74, 6) is 0.952. The molecule has 7 nitrogen and oxygen atoms in total. The number of benzene rings is 1. The van der Waals surface area contributed by atoms with Gasteiger partial charge in [0.15, 0.2) is 0 Å². The van der Waals surface area contributed by atoms with Crippen molar-refractivity contribution in [1.82, 2.24) is 14.9 Å². The first-order chi connectivity index (χ1) is 14.4. The largest absolute Gasteiger partial charge is 0.354 e. The van der Waals surface area contributed by atoms with Crippen LogP contribution in [0.25, 0.3) is 0 Å². The number of hydrogen-bond acceptors (Lipinski definition) is 5. The molecule has 1 saturated heterocycles. The normalized spacial score (nSPS) is 21.2. The number of carbonyl (C=O) groups is 1. The SMILES string of the molecule is CCCCC(N=C1NS(=O)(=O)c2ccccc21)C(=O)NCCCN1CCC(C)CC1. The number of amides is 1. The van der Waals surface area contributed by atoms with Gasteiger partial charge in [-0.2, -0.15) is 0 Å². The number of unbranched alkanes of at least 4 members (excludes halogenated alkanes) is 1. The molecule has 2 aliphatic rings. The smallest absolute Gasteiger partial charge is 0.263 e. The van der Waals surface area contributed by atoms with E-state index in [0.717, 1.165) is 44.8 Å². The third-order valence-corrected chi connectivity index (χ3v) is 7.31. The molecule has 1 amide bonds. The average molecular weight is 435 g/mol. The van der Waals surface area contributed by atoms with Gasteiger partial charge in [-0.3, -0.25) is 14.5 Å². The fourth-order valence-electron chi connectivity index (χ4n) is 3.96. The van der Waals surface area contributed by atoms with Gasteiger partial charge in [-0.25, -0.2) is 8.42 Å². The Morgan fingerprint density at radius 3 is 2.73 bits per heavy atom. The first-order valence-electron chi connectivity index (χ1n) is 11.1. The Hall–Kier alpha value is -1.93. The van der Waals surface area contributed by atoms with E-state index in [1.807, 2.05) is 0 Å². The number of nitrogens with zero attached hydrogens (tertiary/aromatic N) is 2. The van der Waals surface area contributed by atoms with E-state index in [-0.39, 0.29) is 16.6 Å². The van der Waals surface area contributed by atoms with Crippen LogP contribution in [-0.2, 0) is 14.8 Å². The Bertz CT molecular complexity index is 861. The van der Waals surface area contributed by atoms with Crippen LogP contribution in [0.15, 0.2) is 34.2 Å². The van der Waals surface area contributed by atoms with Gasteiger partial charge >= 0.3 is 0 Å². The first kappa shape index (κ1) is 22.7. The number of sulfonamides is 1. The Balaban J connectivity index is 1.59. The minimum Gasteiger partial charge on any atom is -0.354 e. The van der Waals surface area contributed by atoms with Crippen LogP contribution in [0.1, 0.15) is 57.9 Å². The predicted octanol–water partition coefficient (Wildman–Crippen LogP) is 2.52. The van der Waals surface area contributed by atoms with E-state index in [0.29, 0.717) is 18.5 Å². The third kappa shape index (κ3) is 5.82. The molecular formula is C22H34N4O3S. The zero-order chi connectivity index (χ0) is 21.6. The lowest BCUT2D eigenvalue weighted by atomic mass is 9.99. The molecule has 1 aromatic rings. The molecule has 2 N–H and O–H groups in total. The van der Waals surface area contributed by atoms with Gasteiger partial charge in [-0.05, 0) is 63.4 Å². The van der Waals surface area contributed by atoms with Gasteiger partial charge in [-0.15, -0.1) is 0 Å². The van der Waals surface area contributed by atoms with Gasteiger partial charge in [-0.1, -0.05) is 38.8 Å². The summed E-state index contributed by atoms with van der Waals surface area (Å²) in [5, 5.41) is 3.01. The Morgan fingerprint density at radius 1 is 1.27 bits per heavy atom. The molecule has 0 saturated carbocycles. The van der Waals surface area contributed by atoms with Crippen molar-refractivity contribution in [3.8, 4) is 0 Å². The summed E-state index contributed by atoms with van der Waals surface area (Å²) >= 11 is 0. The quantitative estimate of drug-likeness (QED) is 0.584. The molecule has 1 unspecified atom stereocenters. The molecule has 166 valence electrons. The van der Waals surface area contributed by atoms with Gasteiger partial charge in [0, 0.05) is 12.1 Å². The van der Waals surface area contributed by atoms with E-state index < -0.39 is 16.1 Å². The summed E-state index contributed by atoms with van der Waals surface area (Å²) in [4.78, 5) is 20.0. The first-order valence-corrected chi connectivity index (χ1v) is 12.6. The van der Waals surface area contributed by atoms with E-state index in [4.69, 9.17) is 0 Å². The van der Waals surface area contributed by atoms with Crippen LogP contribution in [0.4, 0.5) is 0 Å². The van der Waals surface area contributed by atoms with E-state index in [1.54, 1.807) is 24.3 Å². The molecule has 0 spiro atoms. The van der Waals surface area contributed by atoms with Crippen molar-refractivity contribution in [2.75, 3.05) is 26.2 Å². The predicted molar refractivity (Wildman–Crippen MR) is 119 cm³/mol. The van der Waals surface area contributed by atoms with Crippen LogP contribution >= 0.6 is 0 Å². The molecular weight excluding hydrogens is 400 g/mol. The van der Waals surface area contributed by atoms with Crippen molar-refractivity contribution in [1.29, 1.82) is 0 Å². The van der Waals surface area contributed by atoms with E-state index in [2.05, 4.69) is 33.8 Å².